The maximum Gasteiger partial charge on any atom is 0.410 e. The number of hydrogen-bond donors (Lipinski definition) is 0. The number of piperidine rings is 1. The lowest BCUT2D eigenvalue weighted by Crippen LogP contribution is -2.50. The Morgan fingerprint density at radius 2 is 2.17 bits per heavy atom. The lowest BCUT2D eigenvalue weighted by molar-refractivity contribution is 0.0199. The van der Waals surface area contributed by atoms with Gasteiger partial charge in [-0.05, 0) is 40.5 Å². The van der Waals surface area contributed by atoms with Crippen LogP contribution in [-0.2, 0) is 4.74 Å². The SMILES string of the molecule is Cc1cnc(N(C)C2CCCN(C(=O)OC(C)(C)C)C2)nc1Cl. The normalized spacial score (nSPS) is 18.7. The average Bonchev–Trinajstić information content (AvgIpc) is 2.48. The van der Waals surface area contributed by atoms with E-state index in [4.69, 9.17) is 16.3 Å². The number of aryl methyl sites for hydroxylation is 1. The van der Waals surface area contributed by atoms with Gasteiger partial charge in [0.1, 0.15) is 10.8 Å². The molecule has 0 radical (unpaired) electrons. The van der Waals surface area contributed by atoms with Crippen molar-refractivity contribution < 1.29 is 9.53 Å². The molecule has 0 saturated carbocycles. The monoisotopic (exact) mass is 340 g/mol. The maximum absolute atomic E-state index is 12.2. The van der Waals surface area contributed by atoms with Crippen molar-refractivity contribution >= 4 is 23.6 Å². The lowest BCUT2D eigenvalue weighted by atomic mass is 10.1. The molecule has 1 aliphatic rings. The summed E-state index contributed by atoms with van der Waals surface area (Å²) in [4.78, 5) is 24.7. The third kappa shape index (κ3) is 4.70. The summed E-state index contributed by atoms with van der Waals surface area (Å²) in [5, 5.41) is 0.460. The zero-order valence-corrected chi connectivity index (χ0v) is 15.2. The molecule has 1 aromatic rings. The number of likely N-dealkylation sites (tertiary alicyclic amines) is 1. The highest BCUT2D eigenvalue weighted by atomic mass is 35.5. The Morgan fingerprint density at radius 1 is 1.48 bits per heavy atom. The van der Waals surface area contributed by atoms with Crippen LogP contribution in [-0.4, -0.2) is 52.7 Å². The van der Waals surface area contributed by atoms with Crippen molar-refractivity contribution in [1.82, 2.24) is 14.9 Å². The Bertz CT molecular complexity index is 574. The molecule has 0 spiro atoms. The van der Waals surface area contributed by atoms with Crippen LogP contribution in [0.3, 0.4) is 0 Å². The fourth-order valence-corrected chi connectivity index (χ4v) is 2.63. The number of hydrogen-bond acceptors (Lipinski definition) is 5. The maximum atomic E-state index is 12.2. The molecule has 128 valence electrons. The fraction of sp³-hybridized carbons (Fsp3) is 0.688. The molecule has 0 bridgehead atoms. The summed E-state index contributed by atoms with van der Waals surface area (Å²) in [6, 6.07) is 0.148. The van der Waals surface area contributed by atoms with Crippen LogP contribution in [0, 0.1) is 6.92 Å². The molecule has 0 aromatic carbocycles. The molecule has 7 heteroatoms. The van der Waals surface area contributed by atoms with E-state index in [-0.39, 0.29) is 12.1 Å². The molecule has 1 saturated heterocycles. The Hall–Kier alpha value is -1.56. The molecule has 1 unspecified atom stereocenters. The van der Waals surface area contributed by atoms with E-state index < -0.39 is 5.60 Å². The van der Waals surface area contributed by atoms with E-state index in [1.807, 2.05) is 39.6 Å². The van der Waals surface area contributed by atoms with Crippen LogP contribution in [0.2, 0.25) is 5.15 Å². The van der Waals surface area contributed by atoms with Gasteiger partial charge in [0.05, 0.1) is 0 Å². The van der Waals surface area contributed by atoms with Crippen molar-refractivity contribution in [2.24, 2.45) is 0 Å². The molecule has 1 amide bonds. The number of halogens is 1. The van der Waals surface area contributed by atoms with E-state index in [0.29, 0.717) is 17.6 Å². The van der Waals surface area contributed by atoms with E-state index in [1.54, 1.807) is 11.1 Å². The molecular formula is C16H25ClN4O2. The van der Waals surface area contributed by atoms with E-state index in [9.17, 15) is 4.79 Å². The second-order valence-electron chi connectivity index (χ2n) is 6.98. The predicted molar refractivity (Wildman–Crippen MR) is 91.0 cm³/mol. The minimum atomic E-state index is -0.483. The first-order chi connectivity index (χ1) is 10.7. The van der Waals surface area contributed by atoms with E-state index in [0.717, 1.165) is 24.9 Å². The van der Waals surface area contributed by atoms with Crippen LogP contribution in [0.5, 0.6) is 0 Å². The Kier molecular flexibility index (Phi) is 5.34. The van der Waals surface area contributed by atoms with Crippen molar-refractivity contribution in [1.29, 1.82) is 0 Å². The zero-order chi connectivity index (χ0) is 17.2. The van der Waals surface area contributed by atoms with E-state index in [2.05, 4.69) is 9.97 Å². The number of ether oxygens (including phenoxy) is 1. The van der Waals surface area contributed by atoms with Gasteiger partial charge in [-0.25, -0.2) is 14.8 Å². The predicted octanol–water partition coefficient (Wildman–Crippen LogP) is 3.27. The summed E-state index contributed by atoms with van der Waals surface area (Å²) >= 11 is 6.09. The van der Waals surface area contributed by atoms with Crippen LogP contribution >= 0.6 is 11.6 Å². The van der Waals surface area contributed by atoms with Gasteiger partial charge in [-0.2, -0.15) is 0 Å². The molecule has 1 fully saturated rings. The van der Waals surface area contributed by atoms with Crippen LogP contribution in [0.4, 0.5) is 10.7 Å². The summed E-state index contributed by atoms with van der Waals surface area (Å²) in [6.45, 7) is 8.81. The van der Waals surface area contributed by atoms with Gasteiger partial charge in [-0.15, -0.1) is 0 Å². The lowest BCUT2D eigenvalue weighted by Gasteiger charge is -2.38. The average molecular weight is 341 g/mol. The summed E-state index contributed by atoms with van der Waals surface area (Å²) in [6.07, 6.45) is 3.35. The number of anilines is 1. The van der Waals surface area contributed by atoms with Gasteiger partial charge in [0, 0.05) is 37.9 Å². The largest absolute Gasteiger partial charge is 0.444 e. The summed E-state index contributed by atoms with van der Waals surface area (Å²) in [7, 11) is 1.93. The highest BCUT2D eigenvalue weighted by Gasteiger charge is 2.30. The number of likely N-dealkylation sites (N-methyl/N-ethyl adjacent to an activating group) is 1. The Labute approximate surface area is 142 Å². The first-order valence-electron chi connectivity index (χ1n) is 7.87. The van der Waals surface area contributed by atoms with E-state index in [1.165, 1.54) is 0 Å². The van der Waals surface area contributed by atoms with Crippen LogP contribution < -0.4 is 4.90 Å². The summed E-state index contributed by atoms with van der Waals surface area (Å²) in [5.41, 5.74) is 0.367. The van der Waals surface area contributed by atoms with Crippen LogP contribution in [0.1, 0.15) is 39.2 Å². The smallest absolute Gasteiger partial charge is 0.410 e. The van der Waals surface area contributed by atoms with Crippen molar-refractivity contribution in [3.8, 4) is 0 Å². The van der Waals surface area contributed by atoms with Gasteiger partial charge in [0.15, 0.2) is 0 Å². The Morgan fingerprint density at radius 3 is 2.78 bits per heavy atom. The molecule has 2 rings (SSSR count). The Balaban J connectivity index is 2.05. The second-order valence-corrected chi connectivity index (χ2v) is 7.34. The quantitative estimate of drug-likeness (QED) is 0.773. The van der Waals surface area contributed by atoms with Gasteiger partial charge in [-0.1, -0.05) is 11.6 Å². The number of aromatic nitrogens is 2. The first kappa shape index (κ1) is 17.8. The zero-order valence-electron chi connectivity index (χ0n) is 14.5. The number of rotatable bonds is 2. The van der Waals surface area contributed by atoms with Gasteiger partial charge in [0.2, 0.25) is 5.95 Å². The first-order valence-corrected chi connectivity index (χ1v) is 8.25. The van der Waals surface area contributed by atoms with Crippen molar-refractivity contribution in [2.75, 3.05) is 25.0 Å². The number of nitrogens with zero attached hydrogens (tertiary/aromatic N) is 4. The molecule has 1 atom stereocenters. The van der Waals surface area contributed by atoms with Gasteiger partial charge in [-0.3, -0.25) is 0 Å². The molecule has 23 heavy (non-hydrogen) atoms. The van der Waals surface area contributed by atoms with Crippen LogP contribution in [0.25, 0.3) is 0 Å². The van der Waals surface area contributed by atoms with Gasteiger partial charge in [0.25, 0.3) is 0 Å². The third-order valence-corrected chi connectivity index (χ3v) is 4.19. The molecule has 6 nitrogen and oxygen atoms in total. The third-order valence-electron chi connectivity index (χ3n) is 3.81. The van der Waals surface area contributed by atoms with Gasteiger partial charge < -0.3 is 14.5 Å². The summed E-state index contributed by atoms with van der Waals surface area (Å²) < 4.78 is 5.46. The van der Waals surface area contributed by atoms with Gasteiger partial charge >= 0.3 is 6.09 Å². The van der Waals surface area contributed by atoms with Crippen molar-refractivity contribution in [3.05, 3.63) is 16.9 Å². The van der Waals surface area contributed by atoms with Crippen LogP contribution in [0.15, 0.2) is 6.20 Å². The van der Waals surface area contributed by atoms with Crippen molar-refractivity contribution in [3.63, 3.8) is 0 Å². The molecule has 0 N–H and O–H groups in total. The molecule has 2 heterocycles. The summed E-state index contributed by atoms with van der Waals surface area (Å²) in [5.74, 6) is 0.580. The number of carbonyl (C=O) groups excluding carboxylic acids is 1. The van der Waals surface area contributed by atoms with Crippen molar-refractivity contribution in [2.45, 2.75) is 52.2 Å². The second kappa shape index (κ2) is 6.91. The highest BCUT2D eigenvalue weighted by Crippen LogP contribution is 2.22. The standard InChI is InChI=1S/C16H25ClN4O2/c1-11-9-18-14(19-13(11)17)20(5)12-7-6-8-21(10-12)15(22)23-16(2,3)4/h9,12H,6-8,10H2,1-5H3. The van der Waals surface area contributed by atoms with E-state index >= 15 is 0 Å². The topological polar surface area (TPSA) is 58.6 Å². The fourth-order valence-electron chi connectivity index (χ4n) is 2.51. The molecular weight excluding hydrogens is 316 g/mol. The number of carbonyl (C=O) groups is 1. The molecule has 1 aromatic heterocycles. The molecule has 0 aliphatic carbocycles. The molecule has 1 aliphatic heterocycles. The minimum absolute atomic E-state index is 0.148. The highest BCUT2D eigenvalue weighted by molar-refractivity contribution is 6.30. The number of amides is 1. The minimum Gasteiger partial charge on any atom is -0.444 e.